The average molecular weight is 410 g/mol. The van der Waals surface area contributed by atoms with Crippen molar-refractivity contribution >= 4 is 21.6 Å². The van der Waals surface area contributed by atoms with Gasteiger partial charge in [0.25, 0.3) is 0 Å². The fourth-order valence-electron chi connectivity index (χ4n) is 3.61. The van der Waals surface area contributed by atoms with E-state index in [2.05, 4.69) is 10.4 Å². The largest absolute Gasteiger partial charge is 0.310 e. The van der Waals surface area contributed by atoms with Crippen LogP contribution in [0.2, 0.25) is 0 Å². The van der Waals surface area contributed by atoms with Gasteiger partial charge in [-0.25, -0.2) is 13.1 Å². The number of carbonyl (C=O) groups excluding carboxylic acids is 1. The lowest BCUT2D eigenvalue weighted by molar-refractivity contribution is -0.116. The van der Waals surface area contributed by atoms with Gasteiger partial charge in [0.1, 0.15) is 5.82 Å². The molecular formula is C22H23N3O3S. The van der Waals surface area contributed by atoms with Gasteiger partial charge in [-0.05, 0) is 43.0 Å². The molecule has 0 saturated carbocycles. The molecule has 7 heteroatoms. The fourth-order valence-corrected chi connectivity index (χ4v) is 5.10. The maximum absolute atomic E-state index is 12.6. The van der Waals surface area contributed by atoms with Crippen LogP contribution in [0.1, 0.15) is 35.2 Å². The highest BCUT2D eigenvalue weighted by Crippen LogP contribution is 2.33. The molecule has 0 unspecified atom stereocenters. The van der Waals surface area contributed by atoms with E-state index in [1.165, 1.54) is 5.56 Å². The zero-order chi connectivity index (χ0) is 20.4. The maximum Gasteiger partial charge on any atom is 0.225 e. The van der Waals surface area contributed by atoms with Gasteiger partial charge in [0.2, 0.25) is 5.91 Å². The van der Waals surface area contributed by atoms with Gasteiger partial charge < -0.3 is 5.32 Å². The molecule has 1 aliphatic rings. The molecule has 0 saturated heterocycles. The molecular weight excluding hydrogens is 386 g/mol. The van der Waals surface area contributed by atoms with Gasteiger partial charge in [-0.1, -0.05) is 42.5 Å². The summed E-state index contributed by atoms with van der Waals surface area (Å²) in [4.78, 5) is 12.6. The van der Waals surface area contributed by atoms with Gasteiger partial charge in [-0.2, -0.15) is 5.10 Å². The Morgan fingerprint density at radius 2 is 1.90 bits per heavy atom. The molecule has 29 heavy (non-hydrogen) atoms. The average Bonchev–Trinajstić information content (AvgIpc) is 3.15. The summed E-state index contributed by atoms with van der Waals surface area (Å²) < 4.78 is 25.8. The van der Waals surface area contributed by atoms with E-state index in [1.807, 2.05) is 61.5 Å². The molecule has 1 N–H and O–H groups in total. The number of nitrogens with zero attached hydrogens (tertiary/aromatic N) is 2. The van der Waals surface area contributed by atoms with Crippen LogP contribution in [-0.4, -0.2) is 24.1 Å². The number of hydrogen-bond acceptors (Lipinski definition) is 4. The monoisotopic (exact) mass is 409 g/mol. The number of hydrogen-bond donors (Lipinski definition) is 1. The van der Waals surface area contributed by atoms with Crippen LogP contribution in [-0.2, 0) is 32.6 Å². The summed E-state index contributed by atoms with van der Waals surface area (Å²) in [6.45, 7) is 1.98. The van der Waals surface area contributed by atoms with E-state index in [1.54, 1.807) is 4.68 Å². The first-order valence-corrected chi connectivity index (χ1v) is 11.5. The number of amides is 1. The van der Waals surface area contributed by atoms with E-state index in [4.69, 9.17) is 0 Å². The standard InChI is InChI=1S/C22H23N3O3S/c1-16-7-5-11-18(13-16)25-22(19-14-29(27,28)15-20(19)24-25)23-21(26)12-6-10-17-8-3-2-4-9-17/h2-5,7-9,11,13H,6,10,12,14-15H2,1H3,(H,23,26). The van der Waals surface area contributed by atoms with E-state index in [-0.39, 0.29) is 17.4 Å². The van der Waals surface area contributed by atoms with Crippen LogP contribution in [0.3, 0.4) is 0 Å². The minimum Gasteiger partial charge on any atom is -0.310 e. The van der Waals surface area contributed by atoms with Crippen molar-refractivity contribution in [1.29, 1.82) is 0 Å². The number of fused-ring (bicyclic) bond motifs is 1. The Morgan fingerprint density at radius 3 is 2.66 bits per heavy atom. The van der Waals surface area contributed by atoms with Crippen LogP contribution >= 0.6 is 0 Å². The summed E-state index contributed by atoms with van der Waals surface area (Å²) in [6, 6.07) is 17.8. The van der Waals surface area contributed by atoms with Gasteiger partial charge >= 0.3 is 0 Å². The molecule has 3 aromatic rings. The Bertz CT molecular complexity index is 1150. The molecule has 0 radical (unpaired) electrons. The first-order chi connectivity index (χ1) is 13.9. The Balaban J connectivity index is 1.54. The maximum atomic E-state index is 12.6. The van der Waals surface area contributed by atoms with Crippen molar-refractivity contribution in [2.75, 3.05) is 5.32 Å². The summed E-state index contributed by atoms with van der Waals surface area (Å²) in [5.74, 6) is 0.157. The third-order valence-corrected chi connectivity index (χ3v) is 6.45. The van der Waals surface area contributed by atoms with E-state index >= 15 is 0 Å². The zero-order valence-corrected chi connectivity index (χ0v) is 17.1. The predicted molar refractivity (Wildman–Crippen MR) is 113 cm³/mol. The molecule has 0 spiro atoms. The van der Waals surface area contributed by atoms with Crippen LogP contribution in [0.25, 0.3) is 5.69 Å². The molecule has 150 valence electrons. The van der Waals surface area contributed by atoms with Gasteiger partial charge in [-0.3, -0.25) is 4.79 Å². The molecule has 0 atom stereocenters. The molecule has 1 aromatic heterocycles. The number of rotatable bonds is 6. The Morgan fingerprint density at radius 1 is 1.10 bits per heavy atom. The minimum atomic E-state index is -3.21. The highest BCUT2D eigenvalue weighted by molar-refractivity contribution is 7.90. The molecule has 2 aromatic carbocycles. The Hall–Kier alpha value is -2.93. The van der Waals surface area contributed by atoms with E-state index < -0.39 is 9.84 Å². The van der Waals surface area contributed by atoms with Crippen molar-refractivity contribution in [3.63, 3.8) is 0 Å². The van der Waals surface area contributed by atoms with Crippen molar-refractivity contribution in [1.82, 2.24) is 9.78 Å². The first kappa shape index (κ1) is 19.4. The molecule has 0 bridgehead atoms. The van der Waals surface area contributed by atoms with Crippen LogP contribution in [0.4, 0.5) is 5.82 Å². The topological polar surface area (TPSA) is 81.1 Å². The van der Waals surface area contributed by atoms with E-state index in [9.17, 15) is 13.2 Å². The van der Waals surface area contributed by atoms with Gasteiger partial charge in [0, 0.05) is 12.0 Å². The number of nitrogens with one attached hydrogen (secondary N) is 1. The number of aromatic nitrogens is 2. The summed E-state index contributed by atoms with van der Waals surface area (Å²) in [7, 11) is -3.21. The zero-order valence-electron chi connectivity index (χ0n) is 16.3. The Kier molecular flexibility index (Phi) is 5.24. The number of anilines is 1. The summed E-state index contributed by atoms with van der Waals surface area (Å²) in [5.41, 5.74) is 4.17. The lowest BCUT2D eigenvalue weighted by atomic mass is 10.1. The van der Waals surface area contributed by atoms with Crippen LogP contribution < -0.4 is 5.32 Å². The van der Waals surface area contributed by atoms with Crippen LogP contribution in [0.15, 0.2) is 54.6 Å². The first-order valence-electron chi connectivity index (χ1n) is 9.63. The van der Waals surface area contributed by atoms with Crippen LogP contribution in [0.5, 0.6) is 0 Å². The van der Waals surface area contributed by atoms with E-state index in [0.717, 1.165) is 24.1 Å². The molecule has 1 aliphatic heterocycles. The van der Waals surface area contributed by atoms with Gasteiger partial charge in [0.15, 0.2) is 9.84 Å². The second kappa shape index (κ2) is 7.83. The fraction of sp³-hybridized carbons (Fsp3) is 0.273. The summed E-state index contributed by atoms with van der Waals surface area (Å²) >= 11 is 0. The summed E-state index contributed by atoms with van der Waals surface area (Å²) in [6.07, 6.45) is 1.89. The quantitative estimate of drug-likeness (QED) is 0.675. The molecule has 4 rings (SSSR count). The second-order valence-corrected chi connectivity index (χ2v) is 9.51. The highest BCUT2D eigenvalue weighted by Gasteiger charge is 2.33. The number of benzene rings is 2. The van der Waals surface area contributed by atoms with Crippen LogP contribution in [0, 0.1) is 6.92 Å². The van der Waals surface area contributed by atoms with Crippen molar-refractivity contribution in [3.8, 4) is 5.69 Å². The van der Waals surface area contributed by atoms with Crippen molar-refractivity contribution in [2.45, 2.75) is 37.7 Å². The number of sulfone groups is 1. The number of aryl methyl sites for hydroxylation is 2. The van der Waals surface area contributed by atoms with Gasteiger partial charge in [0.05, 0.1) is 22.9 Å². The lowest BCUT2D eigenvalue weighted by Crippen LogP contribution is -2.16. The third kappa shape index (κ3) is 4.40. The minimum absolute atomic E-state index is 0.0853. The normalized spacial score (nSPS) is 14.5. The van der Waals surface area contributed by atoms with E-state index in [0.29, 0.717) is 23.5 Å². The smallest absolute Gasteiger partial charge is 0.225 e. The SMILES string of the molecule is Cc1cccc(-n2nc3c(c2NC(=O)CCCc2ccccc2)CS(=O)(=O)C3)c1. The van der Waals surface area contributed by atoms with Crippen molar-refractivity contribution in [2.24, 2.45) is 0 Å². The highest BCUT2D eigenvalue weighted by atomic mass is 32.2. The third-order valence-electron chi connectivity index (χ3n) is 5.00. The Labute approximate surface area is 170 Å². The molecule has 6 nitrogen and oxygen atoms in total. The van der Waals surface area contributed by atoms with Gasteiger partial charge in [-0.15, -0.1) is 0 Å². The lowest BCUT2D eigenvalue weighted by Gasteiger charge is -2.12. The summed E-state index contributed by atoms with van der Waals surface area (Å²) in [5, 5.41) is 7.43. The van der Waals surface area contributed by atoms with Crippen molar-refractivity contribution in [3.05, 3.63) is 77.0 Å². The van der Waals surface area contributed by atoms with Crippen molar-refractivity contribution < 1.29 is 13.2 Å². The predicted octanol–water partition coefficient (Wildman–Crippen LogP) is 3.57. The molecule has 0 fully saturated rings. The molecule has 0 aliphatic carbocycles. The molecule has 2 heterocycles. The molecule has 1 amide bonds. The second-order valence-electron chi connectivity index (χ2n) is 7.44. The number of carbonyl (C=O) groups is 1.